The number of rotatable bonds is 5. The maximum atomic E-state index is 11.4. The highest BCUT2D eigenvalue weighted by Gasteiger charge is 2.31. The van der Waals surface area contributed by atoms with Crippen molar-refractivity contribution in [1.82, 2.24) is 4.98 Å². The molecule has 110 valence electrons. The number of carboxylic acids is 1. The first kappa shape index (κ1) is 14.7. The van der Waals surface area contributed by atoms with Crippen molar-refractivity contribution in [3.8, 4) is 0 Å². The summed E-state index contributed by atoms with van der Waals surface area (Å²) in [5.74, 6) is -0.986. The number of carbonyl (C=O) groups is 1. The van der Waals surface area contributed by atoms with Gasteiger partial charge in [-0.1, -0.05) is 6.92 Å². The second kappa shape index (κ2) is 5.35. The number of aromatic nitrogens is 1. The van der Waals surface area contributed by atoms with Gasteiger partial charge in [-0.05, 0) is 31.5 Å². The molecule has 0 radical (unpaired) electrons. The van der Waals surface area contributed by atoms with Crippen LogP contribution >= 0.6 is 0 Å². The Morgan fingerprint density at radius 1 is 1.48 bits per heavy atom. The van der Waals surface area contributed by atoms with Gasteiger partial charge >= 0.3 is 5.97 Å². The Morgan fingerprint density at radius 2 is 2.19 bits per heavy atom. The molecule has 0 spiro atoms. The van der Waals surface area contributed by atoms with Crippen molar-refractivity contribution in [1.29, 1.82) is 0 Å². The van der Waals surface area contributed by atoms with Crippen LogP contribution in [0.15, 0.2) is 30.5 Å². The van der Waals surface area contributed by atoms with E-state index >= 15 is 0 Å². The lowest BCUT2D eigenvalue weighted by Crippen LogP contribution is -2.42. The lowest BCUT2D eigenvalue weighted by Gasteiger charge is -2.26. The summed E-state index contributed by atoms with van der Waals surface area (Å²) in [4.78, 5) is 25.9. The molecule has 1 atom stereocenters. The van der Waals surface area contributed by atoms with Crippen LogP contribution in [0.1, 0.15) is 20.3 Å². The molecule has 0 aliphatic carbocycles. The SMILES string of the molecule is CCC(C)(Nc1ccc([N+](=O)[O-])c2ncccc12)C(=O)O. The van der Waals surface area contributed by atoms with Crippen molar-refractivity contribution >= 4 is 28.2 Å². The first-order valence-electron chi connectivity index (χ1n) is 6.42. The monoisotopic (exact) mass is 289 g/mol. The number of benzene rings is 1. The van der Waals surface area contributed by atoms with Crippen LogP contribution < -0.4 is 5.32 Å². The molecule has 2 N–H and O–H groups in total. The summed E-state index contributed by atoms with van der Waals surface area (Å²) in [6.07, 6.45) is 1.83. The molecule has 1 aromatic heterocycles. The Labute approximate surface area is 120 Å². The Kier molecular flexibility index (Phi) is 3.75. The zero-order valence-electron chi connectivity index (χ0n) is 11.7. The average molecular weight is 289 g/mol. The Balaban J connectivity index is 2.59. The van der Waals surface area contributed by atoms with E-state index in [4.69, 9.17) is 0 Å². The molecule has 7 nitrogen and oxygen atoms in total. The summed E-state index contributed by atoms with van der Waals surface area (Å²) in [6.45, 7) is 3.33. The lowest BCUT2D eigenvalue weighted by molar-refractivity contribution is -0.383. The quantitative estimate of drug-likeness (QED) is 0.647. The van der Waals surface area contributed by atoms with Gasteiger partial charge in [0.15, 0.2) is 0 Å². The Bertz CT molecular complexity index is 716. The fourth-order valence-electron chi connectivity index (χ4n) is 2.00. The van der Waals surface area contributed by atoms with E-state index in [-0.39, 0.29) is 11.2 Å². The van der Waals surface area contributed by atoms with Crippen LogP contribution in [0.2, 0.25) is 0 Å². The molecule has 1 unspecified atom stereocenters. The number of nitro benzene ring substituents is 1. The number of nitrogens with zero attached hydrogens (tertiary/aromatic N) is 2. The van der Waals surface area contributed by atoms with E-state index < -0.39 is 16.4 Å². The summed E-state index contributed by atoms with van der Waals surface area (Å²) < 4.78 is 0. The first-order valence-corrected chi connectivity index (χ1v) is 6.42. The van der Waals surface area contributed by atoms with Gasteiger partial charge in [-0.3, -0.25) is 10.1 Å². The summed E-state index contributed by atoms with van der Waals surface area (Å²) in [6, 6.07) is 6.17. The standard InChI is InChI=1S/C14H15N3O4/c1-3-14(2,13(18)19)16-10-6-7-11(17(20)21)12-9(10)5-4-8-15-12/h4-8,16H,3H2,1-2H3,(H,18,19). The third-order valence-electron chi connectivity index (χ3n) is 3.53. The second-order valence-corrected chi connectivity index (χ2v) is 4.90. The number of anilines is 1. The van der Waals surface area contributed by atoms with Gasteiger partial charge in [-0.2, -0.15) is 0 Å². The van der Waals surface area contributed by atoms with Crippen molar-refractivity contribution in [3.63, 3.8) is 0 Å². The topological polar surface area (TPSA) is 105 Å². The molecule has 1 aromatic carbocycles. The minimum atomic E-state index is -1.15. The van der Waals surface area contributed by atoms with Crippen molar-refractivity contribution in [2.75, 3.05) is 5.32 Å². The molecular formula is C14H15N3O4. The highest BCUT2D eigenvalue weighted by molar-refractivity contribution is 5.98. The van der Waals surface area contributed by atoms with Crippen molar-refractivity contribution in [2.45, 2.75) is 25.8 Å². The van der Waals surface area contributed by atoms with E-state index in [9.17, 15) is 20.0 Å². The summed E-state index contributed by atoms with van der Waals surface area (Å²) in [5.41, 5.74) is -0.518. The minimum absolute atomic E-state index is 0.107. The average Bonchev–Trinajstić information content (AvgIpc) is 2.46. The second-order valence-electron chi connectivity index (χ2n) is 4.90. The number of nitro groups is 1. The van der Waals surface area contributed by atoms with E-state index in [2.05, 4.69) is 10.3 Å². The predicted molar refractivity (Wildman–Crippen MR) is 78.4 cm³/mol. The molecule has 1 heterocycles. The zero-order chi connectivity index (χ0) is 15.6. The summed E-state index contributed by atoms with van der Waals surface area (Å²) in [5, 5.41) is 23.8. The molecular weight excluding hydrogens is 274 g/mol. The van der Waals surface area contributed by atoms with E-state index in [0.717, 1.165) is 0 Å². The number of hydrogen-bond donors (Lipinski definition) is 2. The van der Waals surface area contributed by atoms with Gasteiger partial charge < -0.3 is 10.4 Å². The van der Waals surface area contributed by atoms with Crippen LogP contribution in [0.3, 0.4) is 0 Å². The Morgan fingerprint density at radius 3 is 2.76 bits per heavy atom. The van der Waals surface area contributed by atoms with Gasteiger partial charge in [0, 0.05) is 23.3 Å². The van der Waals surface area contributed by atoms with E-state index in [1.54, 1.807) is 26.0 Å². The smallest absolute Gasteiger partial charge is 0.329 e. The van der Waals surface area contributed by atoms with Gasteiger partial charge in [0.25, 0.3) is 5.69 Å². The Hall–Kier alpha value is -2.70. The molecule has 0 amide bonds. The largest absolute Gasteiger partial charge is 0.480 e. The lowest BCUT2D eigenvalue weighted by atomic mass is 9.98. The van der Waals surface area contributed by atoms with Crippen molar-refractivity contribution in [3.05, 3.63) is 40.6 Å². The maximum Gasteiger partial charge on any atom is 0.329 e. The van der Waals surface area contributed by atoms with Gasteiger partial charge in [-0.15, -0.1) is 0 Å². The van der Waals surface area contributed by atoms with E-state index in [1.807, 2.05) is 0 Å². The molecule has 0 saturated carbocycles. The molecule has 0 saturated heterocycles. The maximum absolute atomic E-state index is 11.4. The number of aliphatic carboxylic acids is 1. The van der Waals surface area contributed by atoms with Crippen LogP contribution in [0.4, 0.5) is 11.4 Å². The summed E-state index contributed by atoms with van der Waals surface area (Å²) in [7, 11) is 0. The summed E-state index contributed by atoms with van der Waals surface area (Å²) >= 11 is 0. The van der Waals surface area contributed by atoms with Gasteiger partial charge in [0.2, 0.25) is 0 Å². The van der Waals surface area contributed by atoms with Gasteiger partial charge in [0.1, 0.15) is 11.1 Å². The fourth-order valence-corrected chi connectivity index (χ4v) is 2.00. The van der Waals surface area contributed by atoms with Crippen molar-refractivity contribution < 1.29 is 14.8 Å². The number of hydrogen-bond acceptors (Lipinski definition) is 5. The molecule has 0 fully saturated rings. The minimum Gasteiger partial charge on any atom is -0.480 e. The molecule has 0 aliphatic heterocycles. The normalized spacial score (nSPS) is 13.6. The molecule has 7 heteroatoms. The van der Waals surface area contributed by atoms with Gasteiger partial charge in [0.05, 0.1) is 4.92 Å². The molecule has 2 aromatic rings. The highest BCUT2D eigenvalue weighted by Crippen LogP contribution is 2.31. The third kappa shape index (κ3) is 2.62. The molecule has 0 aliphatic rings. The highest BCUT2D eigenvalue weighted by atomic mass is 16.6. The molecule has 0 bridgehead atoms. The first-order chi connectivity index (χ1) is 9.89. The number of nitrogens with one attached hydrogen (secondary N) is 1. The van der Waals surface area contributed by atoms with E-state index in [0.29, 0.717) is 17.5 Å². The number of carboxylic acid groups (broad SMARTS) is 1. The number of fused-ring (bicyclic) bond motifs is 1. The third-order valence-corrected chi connectivity index (χ3v) is 3.53. The number of pyridine rings is 1. The number of non-ortho nitro benzene ring substituents is 1. The van der Waals surface area contributed by atoms with Crippen LogP contribution in [-0.2, 0) is 4.79 Å². The van der Waals surface area contributed by atoms with Gasteiger partial charge in [-0.25, -0.2) is 9.78 Å². The molecule has 2 rings (SSSR count). The van der Waals surface area contributed by atoms with Crippen LogP contribution in [0, 0.1) is 10.1 Å². The van der Waals surface area contributed by atoms with Crippen LogP contribution in [0.25, 0.3) is 10.9 Å². The zero-order valence-corrected chi connectivity index (χ0v) is 11.7. The van der Waals surface area contributed by atoms with Crippen molar-refractivity contribution in [2.24, 2.45) is 0 Å². The molecule has 21 heavy (non-hydrogen) atoms. The van der Waals surface area contributed by atoms with Crippen LogP contribution in [0.5, 0.6) is 0 Å². The van der Waals surface area contributed by atoms with E-state index in [1.165, 1.54) is 18.3 Å². The predicted octanol–water partition coefficient (Wildman–Crippen LogP) is 2.81. The van der Waals surface area contributed by atoms with Crippen LogP contribution in [-0.4, -0.2) is 26.5 Å². The fraction of sp³-hybridized carbons (Fsp3) is 0.286.